The van der Waals surface area contributed by atoms with Crippen LogP contribution in [0.15, 0.2) is 60.8 Å². The van der Waals surface area contributed by atoms with Gasteiger partial charge in [0.1, 0.15) is 5.69 Å². The monoisotopic (exact) mass is 365 g/mol. The molecule has 0 aliphatic rings. The van der Waals surface area contributed by atoms with E-state index in [1.807, 2.05) is 61.7 Å². The maximum absolute atomic E-state index is 6.14. The molecule has 0 fully saturated rings. The second-order valence-corrected chi connectivity index (χ2v) is 6.65. The Balaban J connectivity index is 1.85. The molecule has 4 rings (SSSR count). The van der Waals surface area contributed by atoms with Gasteiger partial charge in [-0.2, -0.15) is 0 Å². The summed E-state index contributed by atoms with van der Waals surface area (Å²) in [6.45, 7) is 2.00. The van der Waals surface area contributed by atoms with E-state index in [0.717, 1.165) is 27.7 Å². The minimum Gasteiger partial charge on any atom is -0.244 e. The molecule has 5 heteroatoms. The van der Waals surface area contributed by atoms with Crippen molar-refractivity contribution in [2.45, 2.75) is 6.92 Å². The molecule has 0 aliphatic heterocycles. The van der Waals surface area contributed by atoms with Gasteiger partial charge in [-0.3, -0.25) is 0 Å². The number of halogens is 2. The fourth-order valence-electron chi connectivity index (χ4n) is 2.73. The van der Waals surface area contributed by atoms with Crippen LogP contribution in [0.25, 0.3) is 33.7 Å². The van der Waals surface area contributed by atoms with Crippen molar-refractivity contribution in [3.8, 4) is 22.8 Å². The number of aryl methyl sites for hydroxylation is 1. The van der Waals surface area contributed by atoms with Gasteiger partial charge in [0.05, 0.1) is 11.2 Å². The summed E-state index contributed by atoms with van der Waals surface area (Å²) < 4.78 is 0. The Bertz CT molecular complexity index is 1070. The van der Waals surface area contributed by atoms with Crippen molar-refractivity contribution < 1.29 is 0 Å². The molecule has 0 saturated carbocycles. The number of aromatic nitrogens is 3. The molecule has 0 unspecified atom stereocenters. The zero-order chi connectivity index (χ0) is 17.4. The maximum atomic E-state index is 6.14. The Morgan fingerprint density at radius 2 is 1.60 bits per heavy atom. The van der Waals surface area contributed by atoms with Crippen LogP contribution in [-0.2, 0) is 0 Å². The quantitative estimate of drug-likeness (QED) is 0.438. The lowest BCUT2D eigenvalue weighted by Crippen LogP contribution is -1.96. The summed E-state index contributed by atoms with van der Waals surface area (Å²) in [5.41, 5.74) is 4.32. The molecule has 0 saturated heterocycles. The van der Waals surface area contributed by atoms with Crippen molar-refractivity contribution in [1.29, 1.82) is 0 Å². The van der Waals surface area contributed by atoms with Crippen LogP contribution in [0.1, 0.15) is 5.56 Å². The predicted molar refractivity (Wildman–Crippen MR) is 103 cm³/mol. The third-order valence-corrected chi connectivity index (χ3v) is 4.39. The summed E-state index contributed by atoms with van der Waals surface area (Å²) in [4.78, 5) is 13.8. The molecule has 4 aromatic rings. The van der Waals surface area contributed by atoms with E-state index in [1.54, 1.807) is 6.07 Å². The third kappa shape index (κ3) is 3.21. The van der Waals surface area contributed by atoms with Crippen LogP contribution in [0.5, 0.6) is 0 Å². The zero-order valence-corrected chi connectivity index (χ0v) is 14.9. The fourth-order valence-corrected chi connectivity index (χ4v) is 3.26. The lowest BCUT2D eigenvalue weighted by atomic mass is 10.1. The molecule has 2 aromatic heterocycles. The molecule has 2 heterocycles. The Morgan fingerprint density at radius 1 is 0.840 bits per heavy atom. The Labute approximate surface area is 155 Å². The number of benzene rings is 2. The highest BCUT2D eigenvalue weighted by Crippen LogP contribution is 2.29. The van der Waals surface area contributed by atoms with Gasteiger partial charge in [0.25, 0.3) is 0 Å². The smallest absolute Gasteiger partial charge is 0.178 e. The molecule has 122 valence electrons. The third-order valence-electron chi connectivity index (χ3n) is 3.95. The van der Waals surface area contributed by atoms with Crippen molar-refractivity contribution in [2.75, 3.05) is 0 Å². The first kappa shape index (κ1) is 16.0. The largest absolute Gasteiger partial charge is 0.244 e. The summed E-state index contributed by atoms with van der Waals surface area (Å²) >= 11 is 12.3. The molecule has 3 nitrogen and oxygen atoms in total. The van der Waals surface area contributed by atoms with Gasteiger partial charge in [-0.05, 0) is 42.8 Å². The number of para-hydroxylation sites is 1. The van der Waals surface area contributed by atoms with Gasteiger partial charge < -0.3 is 0 Å². The average molecular weight is 366 g/mol. The first-order valence-corrected chi connectivity index (χ1v) is 8.52. The second-order valence-electron chi connectivity index (χ2n) is 5.77. The summed E-state index contributed by atoms with van der Waals surface area (Å²) in [5, 5.41) is 2.16. The van der Waals surface area contributed by atoms with E-state index < -0.39 is 0 Å². The minimum absolute atomic E-state index is 0.580. The van der Waals surface area contributed by atoms with Crippen LogP contribution in [0.4, 0.5) is 0 Å². The highest BCUT2D eigenvalue weighted by Gasteiger charge is 2.11. The Kier molecular flexibility index (Phi) is 4.12. The number of hydrogen-bond acceptors (Lipinski definition) is 3. The van der Waals surface area contributed by atoms with Crippen LogP contribution in [-0.4, -0.2) is 15.0 Å². The molecular weight excluding hydrogens is 353 g/mol. The number of hydrogen-bond donors (Lipinski definition) is 0. The first-order valence-electron chi connectivity index (χ1n) is 7.76. The average Bonchev–Trinajstić information content (AvgIpc) is 2.61. The lowest BCUT2D eigenvalue weighted by Gasteiger charge is -2.09. The van der Waals surface area contributed by atoms with Gasteiger partial charge in [0.2, 0.25) is 0 Å². The van der Waals surface area contributed by atoms with Crippen molar-refractivity contribution in [1.82, 2.24) is 15.0 Å². The molecule has 0 amide bonds. The van der Waals surface area contributed by atoms with Crippen LogP contribution in [0.2, 0.25) is 10.0 Å². The van der Waals surface area contributed by atoms with Crippen molar-refractivity contribution in [2.24, 2.45) is 0 Å². The highest BCUT2D eigenvalue weighted by molar-refractivity contribution is 6.35. The minimum atomic E-state index is 0.580. The molecule has 25 heavy (non-hydrogen) atoms. The zero-order valence-electron chi connectivity index (χ0n) is 13.4. The molecule has 0 atom stereocenters. The standard InChI is InChI=1S/C20H13Cl2N3/c1-12-6-7-18(20-23-11-13-4-2-3-5-17(13)25-20)24-19(12)14-8-15(21)10-16(22)9-14/h2-11H,1H3. The molecule has 0 spiro atoms. The van der Waals surface area contributed by atoms with Crippen molar-refractivity contribution in [3.05, 3.63) is 76.4 Å². The SMILES string of the molecule is Cc1ccc(-c2ncc3ccccc3n2)nc1-c1cc(Cl)cc(Cl)c1. The van der Waals surface area contributed by atoms with Crippen molar-refractivity contribution in [3.63, 3.8) is 0 Å². The Hall–Kier alpha value is -2.49. The lowest BCUT2D eigenvalue weighted by molar-refractivity contribution is 1.17. The first-order chi connectivity index (χ1) is 12.1. The van der Waals surface area contributed by atoms with Crippen LogP contribution < -0.4 is 0 Å². The van der Waals surface area contributed by atoms with E-state index >= 15 is 0 Å². The number of pyridine rings is 1. The summed E-state index contributed by atoms with van der Waals surface area (Å²) in [5.74, 6) is 0.591. The van der Waals surface area contributed by atoms with E-state index in [0.29, 0.717) is 21.6 Å². The molecule has 2 aromatic carbocycles. The molecule has 0 aliphatic carbocycles. The molecule has 0 bridgehead atoms. The van der Waals surface area contributed by atoms with Gasteiger partial charge in [0, 0.05) is 27.2 Å². The number of rotatable bonds is 2. The van der Waals surface area contributed by atoms with Gasteiger partial charge in [-0.15, -0.1) is 0 Å². The van der Waals surface area contributed by atoms with E-state index in [-0.39, 0.29) is 0 Å². The second kappa shape index (κ2) is 6.43. The summed E-state index contributed by atoms with van der Waals surface area (Å²) in [7, 11) is 0. The van der Waals surface area contributed by atoms with Crippen LogP contribution in [0.3, 0.4) is 0 Å². The summed E-state index contributed by atoms with van der Waals surface area (Å²) in [6.07, 6.45) is 1.81. The van der Waals surface area contributed by atoms with Gasteiger partial charge in [-0.25, -0.2) is 15.0 Å². The predicted octanol–water partition coefficient (Wildman–Crippen LogP) is 5.97. The topological polar surface area (TPSA) is 38.7 Å². The Morgan fingerprint density at radius 3 is 2.40 bits per heavy atom. The normalized spacial score (nSPS) is 11.0. The molecular formula is C20H13Cl2N3. The summed E-state index contributed by atoms with van der Waals surface area (Å²) in [6, 6.07) is 17.2. The number of nitrogens with zero attached hydrogens (tertiary/aromatic N) is 3. The molecule has 0 radical (unpaired) electrons. The van der Waals surface area contributed by atoms with E-state index in [1.165, 1.54) is 0 Å². The molecule has 0 N–H and O–H groups in total. The van der Waals surface area contributed by atoms with Crippen LogP contribution in [0, 0.1) is 6.92 Å². The van der Waals surface area contributed by atoms with Gasteiger partial charge >= 0.3 is 0 Å². The number of fused-ring (bicyclic) bond motifs is 1. The fraction of sp³-hybridized carbons (Fsp3) is 0.0500. The van der Waals surface area contributed by atoms with E-state index in [4.69, 9.17) is 28.2 Å². The van der Waals surface area contributed by atoms with Gasteiger partial charge in [0.15, 0.2) is 5.82 Å². The van der Waals surface area contributed by atoms with Crippen molar-refractivity contribution >= 4 is 34.1 Å². The van der Waals surface area contributed by atoms with E-state index in [2.05, 4.69) is 9.97 Å². The highest BCUT2D eigenvalue weighted by atomic mass is 35.5. The van der Waals surface area contributed by atoms with Crippen LogP contribution >= 0.6 is 23.2 Å². The maximum Gasteiger partial charge on any atom is 0.178 e. The van der Waals surface area contributed by atoms with E-state index in [9.17, 15) is 0 Å². The van der Waals surface area contributed by atoms with Gasteiger partial charge in [-0.1, -0.05) is 47.5 Å².